The van der Waals surface area contributed by atoms with Crippen molar-refractivity contribution < 1.29 is 13.9 Å². The largest absolute Gasteiger partial charge is 0.493 e. The fraction of sp³-hybridized carbons (Fsp3) is 0.500. The molecule has 1 saturated heterocycles. The van der Waals surface area contributed by atoms with E-state index in [0.717, 1.165) is 31.8 Å². The molecule has 0 unspecified atom stereocenters. The van der Waals surface area contributed by atoms with Crippen LogP contribution in [0.4, 0.5) is 4.39 Å². The molecule has 7 heteroatoms. The van der Waals surface area contributed by atoms with Gasteiger partial charge in [-0.25, -0.2) is 9.37 Å². The first-order valence-electron chi connectivity index (χ1n) is 7.69. The minimum atomic E-state index is -0.274. The van der Waals surface area contributed by atoms with Crippen molar-refractivity contribution in [3.63, 3.8) is 0 Å². The highest BCUT2D eigenvalue weighted by atomic mass is 19.1. The summed E-state index contributed by atoms with van der Waals surface area (Å²) in [7, 11) is 3.06. The maximum Gasteiger partial charge on any atom is 0.163 e. The molecule has 0 bridgehead atoms. The van der Waals surface area contributed by atoms with E-state index in [9.17, 15) is 4.39 Å². The molecule has 0 aliphatic carbocycles. The van der Waals surface area contributed by atoms with Gasteiger partial charge in [-0.15, -0.1) is 0 Å². The van der Waals surface area contributed by atoms with Crippen LogP contribution in [0.15, 0.2) is 18.5 Å². The number of hydrogen-bond acceptors (Lipinski definition) is 5. The van der Waals surface area contributed by atoms with Crippen molar-refractivity contribution in [1.82, 2.24) is 20.1 Å². The Kier molecular flexibility index (Phi) is 4.76. The van der Waals surface area contributed by atoms with Gasteiger partial charge in [-0.1, -0.05) is 0 Å². The highest BCUT2D eigenvalue weighted by Crippen LogP contribution is 2.31. The first-order valence-corrected chi connectivity index (χ1v) is 7.69. The molecule has 1 aromatic carbocycles. The van der Waals surface area contributed by atoms with Crippen molar-refractivity contribution >= 4 is 0 Å². The van der Waals surface area contributed by atoms with Crippen molar-refractivity contribution in [3.8, 4) is 11.5 Å². The minimum absolute atomic E-state index is 0.274. The number of aromatic nitrogens is 3. The molecule has 2 aromatic rings. The topological polar surface area (TPSA) is 63.3 Å². The fourth-order valence-corrected chi connectivity index (χ4v) is 3.09. The number of hydrogen-bond donors (Lipinski definition) is 1. The number of ether oxygens (including phenoxy) is 2. The second-order valence-corrected chi connectivity index (χ2v) is 5.74. The van der Waals surface area contributed by atoms with E-state index < -0.39 is 0 Å². The summed E-state index contributed by atoms with van der Waals surface area (Å²) in [5, 5.41) is 6.85. The predicted octanol–water partition coefficient (Wildman–Crippen LogP) is 2.34. The lowest BCUT2D eigenvalue weighted by atomic mass is 9.97. The van der Waals surface area contributed by atoms with E-state index in [1.807, 2.05) is 0 Å². The van der Waals surface area contributed by atoms with Crippen LogP contribution in [0.3, 0.4) is 0 Å². The highest BCUT2D eigenvalue weighted by Gasteiger charge is 2.24. The molecule has 0 spiro atoms. The van der Waals surface area contributed by atoms with Gasteiger partial charge >= 0.3 is 0 Å². The quantitative estimate of drug-likeness (QED) is 0.916. The zero-order valence-electron chi connectivity index (χ0n) is 13.4. The van der Waals surface area contributed by atoms with Crippen LogP contribution in [0, 0.1) is 5.82 Å². The van der Waals surface area contributed by atoms with Crippen LogP contribution in [0.25, 0.3) is 0 Å². The van der Waals surface area contributed by atoms with E-state index in [0.29, 0.717) is 29.5 Å². The average Bonchev–Trinajstić information content (AvgIpc) is 3.11. The summed E-state index contributed by atoms with van der Waals surface area (Å²) in [5.74, 6) is 1.90. The summed E-state index contributed by atoms with van der Waals surface area (Å²) in [5.41, 5.74) is 0.612. The van der Waals surface area contributed by atoms with Crippen molar-refractivity contribution in [3.05, 3.63) is 35.7 Å². The zero-order valence-corrected chi connectivity index (χ0v) is 13.4. The monoisotopic (exact) mass is 320 g/mol. The molecular formula is C16H21FN4O2. The number of benzene rings is 1. The highest BCUT2D eigenvalue weighted by molar-refractivity contribution is 5.43. The Bertz CT molecular complexity index is 648. The fourth-order valence-electron chi connectivity index (χ4n) is 3.09. The van der Waals surface area contributed by atoms with Gasteiger partial charge < -0.3 is 9.47 Å². The van der Waals surface area contributed by atoms with Crippen molar-refractivity contribution in [2.75, 3.05) is 27.3 Å². The predicted molar refractivity (Wildman–Crippen MR) is 83.1 cm³/mol. The normalized spacial score (nSPS) is 18.8. The van der Waals surface area contributed by atoms with Crippen molar-refractivity contribution in [2.24, 2.45) is 0 Å². The Morgan fingerprint density at radius 1 is 1.30 bits per heavy atom. The lowest BCUT2D eigenvalue weighted by Gasteiger charge is -2.31. The maximum atomic E-state index is 14.3. The summed E-state index contributed by atoms with van der Waals surface area (Å²) in [6.07, 6.45) is 3.66. The molecule has 0 radical (unpaired) electrons. The van der Waals surface area contributed by atoms with E-state index in [1.54, 1.807) is 13.2 Å². The number of nitrogens with one attached hydrogen (secondary N) is 1. The van der Waals surface area contributed by atoms with Gasteiger partial charge in [0.25, 0.3) is 0 Å². The number of H-pyrrole nitrogens is 1. The van der Waals surface area contributed by atoms with Crippen LogP contribution in [-0.4, -0.2) is 47.4 Å². The zero-order chi connectivity index (χ0) is 16.2. The third-order valence-corrected chi connectivity index (χ3v) is 4.27. The molecule has 6 nitrogen and oxygen atoms in total. The summed E-state index contributed by atoms with van der Waals surface area (Å²) >= 11 is 0. The number of methoxy groups -OCH3 is 2. The molecule has 0 amide bonds. The Labute approximate surface area is 134 Å². The van der Waals surface area contributed by atoms with Crippen LogP contribution >= 0.6 is 0 Å². The first-order chi connectivity index (χ1) is 11.2. The van der Waals surface area contributed by atoms with E-state index in [-0.39, 0.29) is 5.82 Å². The van der Waals surface area contributed by atoms with Gasteiger partial charge in [0, 0.05) is 30.6 Å². The molecule has 3 rings (SSSR count). The number of halogens is 1. The van der Waals surface area contributed by atoms with Gasteiger partial charge in [-0.3, -0.25) is 10.00 Å². The van der Waals surface area contributed by atoms with Gasteiger partial charge in [0.05, 0.1) is 14.2 Å². The van der Waals surface area contributed by atoms with Gasteiger partial charge in [0.2, 0.25) is 0 Å². The van der Waals surface area contributed by atoms with Gasteiger partial charge in [0.15, 0.2) is 11.5 Å². The average molecular weight is 320 g/mol. The lowest BCUT2D eigenvalue weighted by molar-refractivity contribution is 0.194. The minimum Gasteiger partial charge on any atom is -0.493 e. The Hall–Kier alpha value is -2.15. The van der Waals surface area contributed by atoms with E-state index in [4.69, 9.17) is 9.47 Å². The van der Waals surface area contributed by atoms with Gasteiger partial charge in [-0.05, 0) is 25.5 Å². The van der Waals surface area contributed by atoms with E-state index in [2.05, 4.69) is 20.1 Å². The second-order valence-electron chi connectivity index (χ2n) is 5.74. The third-order valence-electron chi connectivity index (χ3n) is 4.27. The number of nitrogens with zero attached hydrogens (tertiary/aromatic N) is 3. The molecule has 1 fully saturated rings. The van der Waals surface area contributed by atoms with Crippen molar-refractivity contribution in [2.45, 2.75) is 25.3 Å². The van der Waals surface area contributed by atoms with Crippen LogP contribution < -0.4 is 9.47 Å². The van der Waals surface area contributed by atoms with E-state index in [1.165, 1.54) is 19.5 Å². The molecule has 1 aromatic heterocycles. The van der Waals surface area contributed by atoms with Crippen LogP contribution in [0.1, 0.15) is 30.1 Å². The van der Waals surface area contributed by atoms with Crippen molar-refractivity contribution in [1.29, 1.82) is 0 Å². The number of rotatable bonds is 5. The van der Waals surface area contributed by atoms with Crippen LogP contribution in [0.5, 0.6) is 11.5 Å². The Morgan fingerprint density at radius 3 is 2.78 bits per heavy atom. The van der Waals surface area contributed by atoms with Gasteiger partial charge in [-0.2, -0.15) is 5.10 Å². The molecule has 1 aliphatic heterocycles. The molecule has 0 saturated carbocycles. The molecule has 1 N–H and O–H groups in total. The summed E-state index contributed by atoms with van der Waals surface area (Å²) in [6, 6.07) is 3.10. The summed E-state index contributed by atoms with van der Waals surface area (Å²) in [6.45, 7) is 2.32. The Balaban J connectivity index is 1.73. The second kappa shape index (κ2) is 6.95. The van der Waals surface area contributed by atoms with Crippen LogP contribution in [0.2, 0.25) is 0 Å². The first kappa shape index (κ1) is 15.7. The Morgan fingerprint density at radius 2 is 2.09 bits per heavy atom. The molecule has 23 heavy (non-hydrogen) atoms. The molecular weight excluding hydrogens is 299 g/mol. The third kappa shape index (κ3) is 3.44. The molecule has 2 heterocycles. The standard InChI is InChI=1S/C16H21FN4O2/c1-22-14-6-12(13(17)7-15(14)23-2)9-21-5-3-4-11(8-21)16-18-10-19-20-16/h6-7,10-11H,3-5,8-9H2,1-2H3,(H,18,19,20)/t11-/m0/s1. The number of likely N-dealkylation sites (tertiary alicyclic amines) is 1. The molecule has 124 valence electrons. The summed E-state index contributed by atoms with van der Waals surface area (Å²) < 4.78 is 24.7. The summed E-state index contributed by atoms with van der Waals surface area (Å²) in [4.78, 5) is 6.48. The smallest absolute Gasteiger partial charge is 0.163 e. The lowest BCUT2D eigenvalue weighted by Crippen LogP contribution is -2.34. The maximum absolute atomic E-state index is 14.3. The molecule has 1 aliphatic rings. The number of piperidine rings is 1. The SMILES string of the molecule is COc1cc(F)c(CN2CCC[C@H](c3ncn[nH]3)C2)cc1OC. The number of aromatic amines is 1. The van der Waals surface area contributed by atoms with Gasteiger partial charge in [0.1, 0.15) is 18.0 Å². The molecule has 1 atom stereocenters. The van der Waals surface area contributed by atoms with E-state index >= 15 is 0 Å². The van der Waals surface area contributed by atoms with Crippen LogP contribution in [-0.2, 0) is 6.54 Å².